The average Bonchev–Trinajstić information content (AvgIpc) is 2.45. The summed E-state index contributed by atoms with van der Waals surface area (Å²) in [5.74, 6) is 0.183. The topological polar surface area (TPSA) is 49.4 Å². The van der Waals surface area contributed by atoms with Gasteiger partial charge >= 0.3 is 0 Å². The monoisotopic (exact) mass is 316 g/mol. The van der Waals surface area contributed by atoms with Gasteiger partial charge in [-0.15, -0.1) is 0 Å². The smallest absolute Gasteiger partial charge is 0.239 e. The Balaban J connectivity index is 2.11. The van der Waals surface area contributed by atoms with Crippen molar-refractivity contribution in [3.8, 4) is 0 Å². The molecule has 23 heavy (non-hydrogen) atoms. The zero-order chi connectivity index (χ0) is 17.2. The maximum atomic E-state index is 12.8. The number of nitrogens with one attached hydrogen (secondary N) is 1. The number of carbonyl (C=O) groups excluding carboxylic acids is 2. The van der Waals surface area contributed by atoms with Crippen LogP contribution in [0.25, 0.3) is 0 Å². The van der Waals surface area contributed by atoms with Gasteiger partial charge < -0.3 is 10.2 Å². The summed E-state index contributed by atoms with van der Waals surface area (Å²) in [6.07, 6.45) is 2.17. The number of amides is 2. The Bertz CT molecular complexity index is 587. The lowest BCUT2D eigenvalue weighted by atomic mass is 9.88. The summed E-state index contributed by atoms with van der Waals surface area (Å²) in [6, 6.07) is 5.91. The third-order valence-corrected chi connectivity index (χ3v) is 4.53. The highest BCUT2D eigenvalue weighted by molar-refractivity contribution is 6.09. The zero-order valence-electron chi connectivity index (χ0n) is 14.9. The molecule has 0 radical (unpaired) electrons. The van der Waals surface area contributed by atoms with Gasteiger partial charge in [0.2, 0.25) is 11.8 Å². The van der Waals surface area contributed by atoms with E-state index in [1.54, 1.807) is 13.8 Å². The van der Waals surface area contributed by atoms with Gasteiger partial charge in [0.05, 0.1) is 0 Å². The van der Waals surface area contributed by atoms with Gasteiger partial charge in [0.15, 0.2) is 0 Å². The van der Waals surface area contributed by atoms with E-state index in [0.29, 0.717) is 5.92 Å². The molecule has 2 amide bonds. The van der Waals surface area contributed by atoms with Crippen molar-refractivity contribution in [2.75, 3.05) is 18.4 Å². The van der Waals surface area contributed by atoms with Crippen molar-refractivity contribution in [1.29, 1.82) is 0 Å². The number of benzene rings is 1. The summed E-state index contributed by atoms with van der Waals surface area (Å²) in [6.45, 7) is 11.1. The van der Waals surface area contributed by atoms with Crippen LogP contribution < -0.4 is 5.32 Å². The molecule has 1 atom stereocenters. The lowest BCUT2D eigenvalue weighted by molar-refractivity contribution is -0.147. The fourth-order valence-corrected chi connectivity index (χ4v) is 3.20. The Labute approximate surface area is 139 Å². The minimum atomic E-state index is -1.06. The maximum absolute atomic E-state index is 12.8. The molecule has 0 spiro atoms. The second-order valence-corrected chi connectivity index (χ2v) is 7.45. The van der Waals surface area contributed by atoms with Crippen LogP contribution in [0.15, 0.2) is 18.2 Å². The molecule has 1 saturated heterocycles. The Morgan fingerprint density at radius 1 is 1.17 bits per heavy atom. The van der Waals surface area contributed by atoms with Crippen LogP contribution in [0.2, 0.25) is 0 Å². The number of nitrogens with zero attached hydrogens (tertiary/aromatic N) is 1. The number of hydrogen-bond donors (Lipinski definition) is 1. The van der Waals surface area contributed by atoms with E-state index in [0.717, 1.165) is 42.7 Å². The average molecular weight is 316 g/mol. The van der Waals surface area contributed by atoms with Gasteiger partial charge in [0.25, 0.3) is 0 Å². The minimum absolute atomic E-state index is 0.0778. The van der Waals surface area contributed by atoms with Crippen LogP contribution in [0.4, 0.5) is 5.69 Å². The first-order valence-corrected chi connectivity index (χ1v) is 8.39. The standard InChI is InChI=1S/C19H28N2O2/c1-13-7-6-8-21(12-13)18(23)19(4,5)17(22)20-16-10-14(2)9-15(3)11-16/h9-11,13H,6-8,12H2,1-5H3,(H,20,22). The summed E-state index contributed by atoms with van der Waals surface area (Å²) >= 11 is 0. The van der Waals surface area contributed by atoms with Gasteiger partial charge in [0.1, 0.15) is 5.41 Å². The van der Waals surface area contributed by atoms with Gasteiger partial charge in [-0.3, -0.25) is 9.59 Å². The van der Waals surface area contributed by atoms with Crippen LogP contribution in [0.1, 0.15) is 44.7 Å². The molecule has 1 aromatic rings. The Hall–Kier alpha value is -1.84. The number of hydrogen-bond acceptors (Lipinski definition) is 2. The molecule has 0 bridgehead atoms. The molecule has 0 saturated carbocycles. The second-order valence-electron chi connectivity index (χ2n) is 7.45. The van der Waals surface area contributed by atoms with Crippen molar-refractivity contribution >= 4 is 17.5 Å². The molecule has 4 heteroatoms. The van der Waals surface area contributed by atoms with Crippen LogP contribution in [0.5, 0.6) is 0 Å². The molecule has 1 heterocycles. The van der Waals surface area contributed by atoms with Crippen molar-refractivity contribution < 1.29 is 9.59 Å². The molecule has 0 aliphatic carbocycles. The van der Waals surface area contributed by atoms with Gasteiger partial charge in [-0.05, 0) is 69.7 Å². The molecule has 1 N–H and O–H groups in total. The van der Waals surface area contributed by atoms with Gasteiger partial charge in [-0.25, -0.2) is 0 Å². The van der Waals surface area contributed by atoms with Crippen molar-refractivity contribution in [3.63, 3.8) is 0 Å². The molecular formula is C19H28N2O2. The van der Waals surface area contributed by atoms with E-state index in [1.807, 2.05) is 30.9 Å². The van der Waals surface area contributed by atoms with Crippen LogP contribution in [-0.2, 0) is 9.59 Å². The third-order valence-electron chi connectivity index (χ3n) is 4.53. The Morgan fingerprint density at radius 2 is 1.78 bits per heavy atom. The molecule has 4 nitrogen and oxygen atoms in total. The third kappa shape index (κ3) is 4.12. The lowest BCUT2D eigenvalue weighted by Crippen LogP contribution is -2.50. The summed E-state index contributed by atoms with van der Waals surface area (Å²) in [5.41, 5.74) is 1.87. The molecule has 126 valence electrons. The Kier molecular flexibility index (Phi) is 5.12. The molecule has 2 rings (SSSR count). The van der Waals surface area contributed by atoms with Crippen molar-refractivity contribution in [2.45, 2.75) is 47.5 Å². The van der Waals surface area contributed by atoms with E-state index in [2.05, 4.69) is 18.3 Å². The first-order valence-electron chi connectivity index (χ1n) is 8.39. The molecule has 1 fully saturated rings. The number of likely N-dealkylation sites (tertiary alicyclic amines) is 1. The molecule has 0 aromatic heterocycles. The molecular weight excluding hydrogens is 288 g/mol. The Morgan fingerprint density at radius 3 is 2.35 bits per heavy atom. The molecule has 1 aliphatic heterocycles. The zero-order valence-corrected chi connectivity index (χ0v) is 14.9. The molecule has 1 unspecified atom stereocenters. The van der Waals surface area contributed by atoms with Crippen molar-refractivity contribution in [1.82, 2.24) is 4.90 Å². The minimum Gasteiger partial charge on any atom is -0.342 e. The van der Waals surface area contributed by atoms with E-state index in [1.165, 1.54) is 0 Å². The van der Waals surface area contributed by atoms with E-state index >= 15 is 0 Å². The predicted molar refractivity (Wildman–Crippen MR) is 93.3 cm³/mol. The SMILES string of the molecule is Cc1cc(C)cc(NC(=O)C(C)(C)C(=O)N2CCCC(C)C2)c1. The summed E-state index contributed by atoms with van der Waals surface area (Å²) in [5, 5.41) is 2.91. The van der Waals surface area contributed by atoms with Crippen molar-refractivity contribution in [3.05, 3.63) is 29.3 Å². The number of carbonyl (C=O) groups is 2. The number of anilines is 1. The lowest BCUT2D eigenvalue weighted by Gasteiger charge is -2.36. The van der Waals surface area contributed by atoms with Crippen molar-refractivity contribution in [2.24, 2.45) is 11.3 Å². The first kappa shape index (κ1) is 17.5. The van der Waals surface area contributed by atoms with Crippen LogP contribution >= 0.6 is 0 Å². The molecule has 1 aliphatic rings. The quantitative estimate of drug-likeness (QED) is 0.867. The van der Waals surface area contributed by atoms with Crippen LogP contribution in [0, 0.1) is 25.2 Å². The number of aryl methyl sites for hydroxylation is 2. The number of piperidine rings is 1. The van der Waals surface area contributed by atoms with Crippen LogP contribution in [0.3, 0.4) is 0 Å². The van der Waals surface area contributed by atoms with Gasteiger partial charge in [0, 0.05) is 18.8 Å². The first-order chi connectivity index (χ1) is 10.7. The highest BCUT2D eigenvalue weighted by Gasteiger charge is 2.40. The fourth-order valence-electron chi connectivity index (χ4n) is 3.20. The maximum Gasteiger partial charge on any atom is 0.239 e. The van der Waals surface area contributed by atoms with E-state index in [-0.39, 0.29) is 11.8 Å². The van der Waals surface area contributed by atoms with E-state index < -0.39 is 5.41 Å². The van der Waals surface area contributed by atoms with Gasteiger partial charge in [-0.1, -0.05) is 13.0 Å². The predicted octanol–water partition coefficient (Wildman–Crippen LogP) is 3.53. The van der Waals surface area contributed by atoms with Gasteiger partial charge in [-0.2, -0.15) is 0 Å². The number of rotatable bonds is 3. The summed E-state index contributed by atoms with van der Waals surface area (Å²) in [4.78, 5) is 27.3. The van der Waals surface area contributed by atoms with E-state index in [9.17, 15) is 9.59 Å². The normalized spacial score (nSPS) is 18.7. The van der Waals surface area contributed by atoms with E-state index in [4.69, 9.17) is 0 Å². The highest BCUT2D eigenvalue weighted by atomic mass is 16.2. The fraction of sp³-hybridized carbons (Fsp3) is 0.579. The molecule has 1 aromatic carbocycles. The summed E-state index contributed by atoms with van der Waals surface area (Å²) < 4.78 is 0. The second kappa shape index (κ2) is 6.73. The van der Waals surface area contributed by atoms with Crippen LogP contribution in [-0.4, -0.2) is 29.8 Å². The largest absolute Gasteiger partial charge is 0.342 e. The highest BCUT2D eigenvalue weighted by Crippen LogP contribution is 2.26. The summed E-state index contributed by atoms with van der Waals surface area (Å²) in [7, 11) is 0.